The first kappa shape index (κ1) is 25.4. The fourth-order valence-corrected chi connectivity index (χ4v) is 4.90. The van der Waals surface area contributed by atoms with Gasteiger partial charge >= 0.3 is 5.97 Å². The van der Waals surface area contributed by atoms with E-state index in [2.05, 4.69) is 5.32 Å². The van der Waals surface area contributed by atoms with Crippen LogP contribution in [0.3, 0.4) is 0 Å². The lowest BCUT2D eigenvalue weighted by Crippen LogP contribution is -2.38. The Morgan fingerprint density at radius 3 is 2.61 bits per heavy atom. The predicted molar refractivity (Wildman–Crippen MR) is 141 cm³/mol. The molecule has 8 heteroatoms. The molecule has 0 amide bonds. The second-order valence-corrected chi connectivity index (χ2v) is 9.22. The van der Waals surface area contributed by atoms with Gasteiger partial charge < -0.3 is 29.7 Å². The van der Waals surface area contributed by atoms with E-state index < -0.39 is 5.97 Å². The van der Waals surface area contributed by atoms with Crippen molar-refractivity contribution >= 4 is 16.7 Å². The molecule has 0 aromatic heterocycles. The third kappa shape index (κ3) is 5.65. The van der Waals surface area contributed by atoms with Crippen molar-refractivity contribution in [3.63, 3.8) is 0 Å². The average Bonchev–Trinajstić information content (AvgIpc) is 3.41. The van der Waals surface area contributed by atoms with Crippen LogP contribution in [-0.4, -0.2) is 42.7 Å². The number of carboxylic acids is 1. The number of carboxylic acid groups (broad SMARTS) is 1. The summed E-state index contributed by atoms with van der Waals surface area (Å²) in [6, 6.07) is 22.6. The second kappa shape index (κ2) is 11.4. The molecule has 38 heavy (non-hydrogen) atoms. The lowest BCUT2D eigenvalue weighted by Gasteiger charge is -2.32. The molecule has 1 saturated heterocycles. The molecule has 6 rings (SSSR count). The first-order chi connectivity index (χ1) is 18.5. The number of phenols is 1. The van der Waals surface area contributed by atoms with Gasteiger partial charge in [-0.15, -0.1) is 0 Å². The summed E-state index contributed by atoms with van der Waals surface area (Å²) in [6.45, 7) is 2.74. The molecule has 0 aliphatic carbocycles. The van der Waals surface area contributed by atoms with Crippen LogP contribution in [0.5, 0.6) is 23.0 Å². The van der Waals surface area contributed by atoms with E-state index in [-0.39, 0.29) is 23.9 Å². The van der Waals surface area contributed by atoms with Gasteiger partial charge in [-0.2, -0.15) is 0 Å². The molecule has 2 aliphatic heterocycles. The van der Waals surface area contributed by atoms with E-state index in [9.17, 15) is 14.3 Å². The van der Waals surface area contributed by atoms with Gasteiger partial charge in [0.2, 0.25) is 6.79 Å². The van der Waals surface area contributed by atoms with Gasteiger partial charge in [0.15, 0.2) is 11.5 Å². The van der Waals surface area contributed by atoms with Crippen molar-refractivity contribution in [2.45, 2.75) is 12.3 Å². The highest BCUT2D eigenvalue weighted by molar-refractivity contribution is 6.06. The molecule has 0 bridgehead atoms. The summed E-state index contributed by atoms with van der Waals surface area (Å²) in [7, 11) is 0. The number of halogens is 1. The van der Waals surface area contributed by atoms with Gasteiger partial charge in [0.1, 0.15) is 22.9 Å². The molecule has 2 aliphatic rings. The lowest BCUT2D eigenvalue weighted by molar-refractivity contribution is 0.0696. The molecule has 4 aromatic carbocycles. The van der Waals surface area contributed by atoms with Crippen molar-refractivity contribution in [2.24, 2.45) is 5.92 Å². The Labute approximate surface area is 219 Å². The minimum atomic E-state index is -1.11. The maximum Gasteiger partial charge on any atom is 0.340 e. The molecule has 0 radical (unpaired) electrons. The smallest absolute Gasteiger partial charge is 0.340 e. The van der Waals surface area contributed by atoms with Crippen LogP contribution < -0.4 is 19.5 Å². The third-order valence-corrected chi connectivity index (χ3v) is 6.83. The Kier molecular flexibility index (Phi) is 7.60. The molecular formula is C30H28FNO6. The topological polar surface area (TPSA) is 97.2 Å². The Bertz CT molecular complexity index is 1420. The summed E-state index contributed by atoms with van der Waals surface area (Å²) in [5.74, 6) is 1.48. The first-order valence-electron chi connectivity index (χ1n) is 12.4. The van der Waals surface area contributed by atoms with Crippen LogP contribution in [0, 0.1) is 11.7 Å². The average molecular weight is 518 g/mol. The van der Waals surface area contributed by atoms with Gasteiger partial charge in [0.05, 0.1) is 6.61 Å². The quantitative estimate of drug-likeness (QED) is 0.318. The highest BCUT2D eigenvalue weighted by Crippen LogP contribution is 2.36. The van der Waals surface area contributed by atoms with Crippen molar-refractivity contribution in [1.82, 2.24) is 5.32 Å². The zero-order valence-corrected chi connectivity index (χ0v) is 20.6. The lowest BCUT2D eigenvalue weighted by atomic mass is 9.81. The van der Waals surface area contributed by atoms with Crippen molar-refractivity contribution < 1.29 is 33.6 Å². The van der Waals surface area contributed by atoms with Crippen LogP contribution >= 0.6 is 0 Å². The number of hydrogen-bond donors (Lipinski definition) is 3. The SMILES string of the molecule is Fc1ccc([C@@H]2CCNC[C@H]2COc2ccc3c(c2)OCO3)cc1.O=C(O)c1c(O)ccc2ccccc12. The molecule has 0 saturated carbocycles. The van der Waals surface area contributed by atoms with Crippen LogP contribution in [0.1, 0.15) is 28.3 Å². The third-order valence-electron chi connectivity index (χ3n) is 6.83. The van der Waals surface area contributed by atoms with Crippen LogP contribution in [-0.2, 0) is 0 Å². The summed E-state index contributed by atoms with van der Waals surface area (Å²) in [5, 5.41) is 23.1. The van der Waals surface area contributed by atoms with Gasteiger partial charge in [0.25, 0.3) is 0 Å². The minimum Gasteiger partial charge on any atom is -0.507 e. The number of ether oxygens (including phenoxy) is 3. The van der Waals surface area contributed by atoms with E-state index in [1.165, 1.54) is 23.8 Å². The van der Waals surface area contributed by atoms with Gasteiger partial charge in [0, 0.05) is 18.5 Å². The molecule has 196 valence electrons. The van der Waals surface area contributed by atoms with E-state index >= 15 is 0 Å². The Morgan fingerprint density at radius 2 is 1.79 bits per heavy atom. The zero-order chi connectivity index (χ0) is 26.5. The number of hydrogen-bond acceptors (Lipinski definition) is 6. The van der Waals surface area contributed by atoms with E-state index in [1.54, 1.807) is 24.3 Å². The monoisotopic (exact) mass is 517 g/mol. The van der Waals surface area contributed by atoms with Crippen LogP contribution in [0.2, 0.25) is 0 Å². The van der Waals surface area contributed by atoms with Crippen molar-refractivity contribution in [3.8, 4) is 23.0 Å². The van der Waals surface area contributed by atoms with E-state index in [0.29, 0.717) is 23.8 Å². The second-order valence-electron chi connectivity index (χ2n) is 9.22. The normalized spacial score (nSPS) is 17.9. The molecule has 4 aromatic rings. The fraction of sp³-hybridized carbons (Fsp3) is 0.233. The standard InChI is InChI=1S/C19H20FNO3.C11H8O3/c20-15-3-1-13(2-4-15)17-7-8-21-10-14(17)11-22-16-5-6-18-19(9-16)24-12-23-18;12-9-6-5-7-3-1-2-4-8(7)10(9)11(13)14/h1-6,9,14,17,21H,7-8,10-12H2;1-6,12H,(H,13,14)/t14-,17-;/m0./s1. The van der Waals surface area contributed by atoms with Crippen molar-refractivity contribution in [3.05, 3.63) is 95.8 Å². The van der Waals surface area contributed by atoms with E-state index in [0.717, 1.165) is 42.1 Å². The van der Waals surface area contributed by atoms with Gasteiger partial charge in [-0.05, 0) is 65.6 Å². The Balaban J connectivity index is 0.000000179. The molecule has 0 spiro atoms. The number of aromatic carboxylic acids is 1. The highest BCUT2D eigenvalue weighted by Gasteiger charge is 2.27. The number of carbonyl (C=O) groups is 1. The summed E-state index contributed by atoms with van der Waals surface area (Å²) in [6.07, 6.45) is 1.03. The van der Waals surface area contributed by atoms with Crippen LogP contribution in [0.15, 0.2) is 78.9 Å². The minimum absolute atomic E-state index is 0.0388. The number of piperidine rings is 1. The summed E-state index contributed by atoms with van der Waals surface area (Å²) >= 11 is 0. The molecule has 2 atom stereocenters. The number of nitrogens with one attached hydrogen (secondary N) is 1. The molecule has 2 heterocycles. The zero-order valence-electron chi connectivity index (χ0n) is 20.6. The molecule has 1 fully saturated rings. The number of benzene rings is 4. The molecule has 0 unspecified atom stereocenters. The number of rotatable bonds is 5. The number of aromatic hydroxyl groups is 1. The van der Waals surface area contributed by atoms with Gasteiger partial charge in [-0.1, -0.05) is 42.5 Å². The maximum atomic E-state index is 13.2. The highest BCUT2D eigenvalue weighted by atomic mass is 19.1. The van der Waals surface area contributed by atoms with Gasteiger partial charge in [-0.3, -0.25) is 0 Å². The fourth-order valence-electron chi connectivity index (χ4n) is 4.90. The van der Waals surface area contributed by atoms with Crippen LogP contribution in [0.4, 0.5) is 4.39 Å². The Hall–Kier alpha value is -4.30. The first-order valence-corrected chi connectivity index (χ1v) is 12.4. The summed E-state index contributed by atoms with van der Waals surface area (Å²) < 4.78 is 29.9. The molecular weight excluding hydrogens is 489 g/mol. The maximum absolute atomic E-state index is 13.2. The van der Waals surface area contributed by atoms with E-state index in [1.807, 2.05) is 36.4 Å². The number of fused-ring (bicyclic) bond motifs is 2. The van der Waals surface area contributed by atoms with Crippen molar-refractivity contribution in [1.29, 1.82) is 0 Å². The predicted octanol–water partition coefficient (Wildman–Crippen LogP) is 5.57. The summed E-state index contributed by atoms with van der Waals surface area (Å²) in [5.41, 5.74) is 1.14. The van der Waals surface area contributed by atoms with Crippen LogP contribution in [0.25, 0.3) is 10.8 Å². The molecule has 3 N–H and O–H groups in total. The van der Waals surface area contributed by atoms with E-state index in [4.69, 9.17) is 19.3 Å². The van der Waals surface area contributed by atoms with Gasteiger partial charge in [-0.25, -0.2) is 9.18 Å². The van der Waals surface area contributed by atoms with Crippen molar-refractivity contribution in [2.75, 3.05) is 26.5 Å². The Morgan fingerprint density at radius 1 is 1.00 bits per heavy atom. The summed E-state index contributed by atoms with van der Waals surface area (Å²) in [4.78, 5) is 10.9. The largest absolute Gasteiger partial charge is 0.507 e. The molecule has 7 nitrogen and oxygen atoms in total.